The number of aromatic nitrogens is 1. The predicted molar refractivity (Wildman–Crippen MR) is 131 cm³/mol. The van der Waals surface area contributed by atoms with Crippen molar-refractivity contribution in [2.75, 3.05) is 13.1 Å². The minimum Gasteiger partial charge on any atom is -0.508 e. The third-order valence-corrected chi connectivity index (χ3v) is 6.95. The van der Waals surface area contributed by atoms with E-state index < -0.39 is 0 Å². The fourth-order valence-electron chi connectivity index (χ4n) is 5.32. The van der Waals surface area contributed by atoms with Gasteiger partial charge in [0, 0.05) is 35.2 Å². The third kappa shape index (κ3) is 3.68. The number of nitrogens with one attached hydrogen (secondary N) is 2. The van der Waals surface area contributed by atoms with Crippen molar-refractivity contribution >= 4 is 16.8 Å². The van der Waals surface area contributed by atoms with Gasteiger partial charge in [0.05, 0.1) is 5.56 Å². The summed E-state index contributed by atoms with van der Waals surface area (Å²) in [6.07, 6.45) is 3.93. The Labute approximate surface area is 193 Å². The molecule has 0 spiro atoms. The van der Waals surface area contributed by atoms with Crippen molar-refractivity contribution in [3.8, 4) is 28.1 Å². The van der Waals surface area contributed by atoms with E-state index in [0.717, 1.165) is 45.6 Å². The van der Waals surface area contributed by atoms with Gasteiger partial charge >= 0.3 is 0 Å². The number of hydrogen-bond acceptors (Lipinski definition) is 3. The lowest BCUT2D eigenvalue weighted by Crippen LogP contribution is -2.28. The van der Waals surface area contributed by atoms with E-state index in [2.05, 4.69) is 45.5 Å². The number of H-pyrrole nitrogens is 1. The number of benzene rings is 3. The Bertz CT molecular complexity index is 1370. The van der Waals surface area contributed by atoms with Gasteiger partial charge in [-0.15, -0.1) is 0 Å². The zero-order chi connectivity index (χ0) is 22.4. The summed E-state index contributed by atoms with van der Waals surface area (Å²) in [5, 5.41) is 14.1. The van der Waals surface area contributed by atoms with Crippen LogP contribution < -0.4 is 5.32 Å². The molecular formula is C28H27N3O2. The smallest absolute Gasteiger partial charge is 0.252 e. The first-order valence-corrected chi connectivity index (χ1v) is 11.7. The highest BCUT2D eigenvalue weighted by molar-refractivity contribution is 6.07. The van der Waals surface area contributed by atoms with Crippen molar-refractivity contribution in [1.82, 2.24) is 15.2 Å². The highest BCUT2D eigenvalue weighted by atomic mass is 16.3. The predicted octanol–water partition coefficient (Wildman–Crippen LogP) is 5.44. The van der Waals surface area contributed by atoms with E-state index in [1.54, 1.807) is 12.1 Å². The van der Waals surface area contributed by atoms with Crippen LogP contribution in [0.4, 0.5) is 0 Å². The second-order valence-corrected chi connectivity index (χ2v) is 9.19. The summed E-state index contributed by atoms with van der Waals surface area (Å²) in [7, 11) is 0. The highest BCUT2D eigenvalue weighted by Crippen LogP contribution is 2.37. The second kappa shape index (κ2) is 8.09. The van der Waals surface area contributed by atoms with Gasteiger partial charge in [0.1, 0.15) is 5.75 Å². The van der Waals surface area contributed by atoms with Crippen LogP contribution in [0.3, 0.4) is 0 Å². The molecule has 166 valence electrons. The molecule has 0 atom stereocenters. The fraction of sp³-hybridized carbons (Fsp3) is 0.250. The Hall–Kier alpha value is -3.57. The van der Waals surface area contributed by atoms with Crippen molar-refractivity contribution < 1.29 is 9.90 Å². The van der Waals surface area contributed by atoms with Crippen LogP contribution in [0.15, 0.2) is 60.7 Å². The molecule has 3 aromatic carbocycles. The average molecular weight is 438 g/mol. The number of hydrogen-bond donors (Lipinski definition) is 3. The molecule has 5 nitrogen and oxygen atoms in total. The lowest BCUT2D eigenvalue weighted by atomic mass is 9.92. The number of piperidine rings is 1. The highest BCUT2D eigenvalue weighted by Gasteiger charge is 2.27. The van der Waals surface area contributed by atoms with Crippen molar-refractivity contribution in [3.63, 3.8) is 0 Å². The number of carbonyl (C=O) groups is 1. The molecule has 0 saturated carbocycles. The maximum atomic E-state index is 12.8. The van der Waals surface area contributed by atoms with Gasteiger partial charge in [-0.3, -0.25) is 9.69 Å². The second-order valence-electron chi connectivity index (χ2n) is 9.19. The van der Waals surface area contributed by atoms with E-state index in [1.165, 1.54) is 43.3 Å². The summed E-state index contributed by atoms with van der Waals surface area (Å²) >= 11 is 0. The Kier molecular flexibility index (Phi) is 4.92. The van der Waals surface area contributed by atoms with Crippen molar-refractivity contribution in [3.05, 3.63) is 77.4 Å². The first-order valence-electron chi connectivity index (χ1n) is 11.7. The number of aromatic amines is 1. The minimum atomic E-state index is -0.0496. The molecule has 3 heterocycles. The maximum absolute atomic E-state index is 12.8. The standard InChI is InChI=1S/C28H27N3O2/c32-21-6-4-5-19(14-21)22-8-9-23(27-24(22)16-29-28(27)33)26-15-20-13-18(7-10-25(20)30-26)17-31-11-2-1-3-12-31/h4-10,13-15,30,32H,1-3,11-12,16-17H2,(H,29,33). The van der Waals surface area contributed by atoms with Crippen LogP contribution in [0, 0.1) is 0 Å². The van der Waals surface area contributed by atoms with E-state index in [9.17, 15) is 9.90 Å². The molecule has 1 saturated heterocycles. The summed E-state index contributed by atoms with van der Waals surface area (Å²) in [5.41, 5.74) is 7.86. The van der Waals surface area contributed by atoms with Gasteiger partial charge < -0.3 is 15.4 Å². The zero-order valence-corrected chi connectivity index (χ0v) is 18.5. The number of rotatable bonds is 4. The molecule has 2 aliphatic heterocycles. The number of carbonyl (C=O) groups excluding carboxylic acids is 1. The first-order chi connectivity index (χ1) is 16.2. The molecule has 6 rings (SSSR count). The van der Waals surface area contributed by atoms with Crippen LogP contribution in [0.1, 0.15) is 40.7 Å². The molecule has 4 aromatic rings. The van der Waals surface area contributed by atoms with Gasteiger partial charge in [-0.1, -0.05) is 36.8 Å². The van der Waals surface area contributed by atoms with Gasteiger partial charge in [-0.25, -0.2) is 0 Å². The van der Waals surface area contributed by atoms with Crippen LogP contribution in [-0.4, -0.2) is 34.0 Å². The third-order valence-electron chi connectivity index (χ3n) is 6.95. The van der Waals surface area contributed by atoms with Gasteiger partial charge in [-0.2, -0.15) is 0 Å². The van der Waals surface area contributed by atoms with Crippen molar-refractivity contribution in [1.29, 1.82) is 0 Å². The normalized spacial score (nSPS) is 16.2. The molecule has 1 fully saturated rings. The zero-order valence-electron chi connectivity index (χ0n) is 18.5. The van der Waals surface area contributed by atoms with E-state index in [-0.39, 0.29) is 11.7 Å². The molecule has 0 unspecified atom stereocenters. The van der Waals surface area contributed by atoms with Gasteiger partial charge in [-0.05, 0) is 78.5 Å². The molecule has 0 aliphatic carbocycles. The number of likely N-dealkylation sites (tertiary alicyclic amines) is 1. The molecule has 33 heavy (non-hydrogen) atoms. The Morgan fingerprint density at radius 1 is 0.909 bits per heavy atom. The molecule has 0 radical (unpaired) electrons. The van der Waals surface area contributed by atoms with Gasteiger partial charge in [0.2, 0.25) is 0 Å². The summed E-state index contributed by atoms with van der Waals surface area (Å²) < 4.78 is 0. The quantitative estimate of drug-likeness (QED) is 0.398. The van der Waals surface area contributed by atoms with E-state index in [1.807, 2.05) is 18.2 Å². The summed E-state index contributed by atoms with van der Waals surface area (Å²) in [6, 6.07) is 20.0. The Morgan fingerprint density at radius 3 is 2.61 bits per heavy atom. The molecule has 0 bridgehead atoms. The van der Waals surface area contributed by atoms with Crippen LogP contribution in [0.25, 0.3) is 33.3 Å². The Morgan fingerprint density at radius 2 is 1.76 bits per heavy atom. The number of amides is 1. The summed E-state index contributed by atoms with van der Waals surface area (Å²) in [5.74, 6) is 0.171. The van der Waals surface area contributed by atoms with E-state index in [0.29, 0.717) is 6.54 Å². The van der Waals surface area contributed by atoms with Crippen LogP contribution >= 0.6 is 0 Å². The van der Waals surface area contributed by atoms with Crippen LogP contribution in [0.2, 0.25) is 0 Å². The van der Waals surface area contributed by atoms with Gasteiger partial charge in [0.25, 0.3) is 5.91 Å². The lowest BCUT2D eigenvalue weighted by Gasteiger charge is -2.26. The van der Waals surface area contributed by atoms with Crippen molar-refractivity contribution in [2.24, 2.45) is 0 Å². The summed E-state index contributed by atoms with van der Waals surface area (Å²) in [4.78, 5) is 18.9. The largest absolute Gasteiger partial charge is 0.508 e. The fourth-order valence-corrected chi connectivity index (χ4v) is 5.32. The first kappa shape index (κ1) is 20.1. The number of aromatic hydroxyl groups is 1. The molecule has 5 heteroatoms. The number of phenols is 1. The van der Waals surface area contributed by atoms with Crippen LogP contribution in [0.5, 0.6) is 5.75 Å². The number of fused-ring (bicyclic) bond motifs is 2. The lowest BCUT2D eigenvalue weighted by molar-refractivity contribution is 0.0966. The molecule has 3 N–H and O–H groups in total. The van der Waals surface area contributed by atoms with Gasteiger partial charge in [0.15, 0.2) is 0 Å². The molecule has 1 aromatic heterocycles. The van der Waals surface area contributed by atoms with Crippen molar-refractivity contribution in [2.45, 2.75) is 32.4 Å². The molecule has 1 amide bonds. The topological polar surface area (TPSA) is 68.4 Å². The molecular weight excluding hydrogens is 410 g/mol. The monoisotopic (exact) mass is 437 g/mol. The minimum absolute atomic E-state index is 0.0496. The van der Waals surface area contributed by atoms with Crippen LogP contribution in [-0.2, 0) is 13.1 Å². The van der Waals surface area contributed by atoms with E-state index in [4.69, 9.17) is 0 Å². The van der Waals surface area contributed by atoms with E-state index >= 15 is 0 Å². The molecule has 2 aliphatic rings. The summed E-state index contributed by atoms with van der Waals surface area (Å²) in [6.45, 7) is 3.85. The SMILES string of the molecule is O=C1NCc2c(-c3cccc(O)c3)ccc(-c3cc4cc(CN5CCCCC5)ccc4[nH]3)c21. The average Bonchev–Trinajstić information content (AvgIpc) is 3.43. The maximum Gasteiger partial charge on any atom is 0.252 e. The number of nitrogens with zero attached hydrogens (tertiary/aromatic N) is 1. The Balaban J connectivity index is 1.38. The number of phenolic OH excluding ortho intramolecular Hbond substituents is 1.